The lowest BCUT2D eigenvalue weighted by atomic mass is 9.96. The Morgan fingerprint density at radius 2 is 2.28 bits per heavy atom. The molecule has 0 radical (unpaired) electrons. The first-order valence-electron chi connectivity index (χ1n) is 5.74. The van der Waals surface area contributed by atoms with Crippen LogP contribution in [0.2, 0.25) is 0 Å². The summed E-state index contributed by atoms with van der Waals surface area (Å²) in [7, 11) is 1.90. The van der Waals surface area contributed by atoms with Crippen molar-refractivity contribution in [3.05, 3.63) is 47.5 Å². The van der Waals surface area contributed by atoms with Gasteiger partial charge in [-0.3, -0.25) is 0 Å². The Morgan fingerprint density at radius 3 is 2.89 bits per heavy atom. The van der Waals surface area contributed by atoms with E-state index in [-0.39, 0.29) is 5.92 Å². The minimum atomic E-state index is -0.900. The second kappa shape index (κ2) is 5.00. The summed E-state index contributed by atoms with van der Waals surface area (Å²) < 4.78 is 1.87. The van der Waals surface area contributed by atoms with Gasteiger partial charge in [-0.2, -0.15) is 0 Å². The monoisotopic (exact) mass is 245 g/mol. The molecule has 1 N–H and O–H groups in total. The molecule has 1 aromatic carbocycles. The van der Waals surface area contributed by atoms with Crippen LogP contribution in [0.25, 0.3) is 0 Å². The third-order valence-electron chi connectivity index (χ3n) is 3.00. The molecule has 5 heteroatoms. The Labute approximate surface area is 105 Å². The fourth-order valence-electron chi connectivity index (χ4n) is 1.86. The summed E-state index contributed by atoms with van der Waals surface area (Å²) in [4.78, 5) is 10.9. The Bertz CT molecular complexity index is 563. The van der Waals surface area contributed by atoms with Gasteiger partial charge < -0.3 is 9.67 Å². The van der Waals surface area contributed by atoms with Gasteiger partial charge >= 0.3 is 5.97 Å². The molecule has 0 saturated heterocycles. The van der Waals surface area contributed by atoms with E-state index in [0.717, 1.165) is 17.8 Å². The average Bonchev–Trinajstić information content (AvgIpc) is 2.75. The first kappa shape index (κ1) is 12.3. The lowest BCUT2D eigenvalue weighted by molar-refractivity contribution is 0.0696. The van der Waals surface area contributed by atoms with Crippen LogP contribution in [-0.4, -0.2) is 25.8 Å². The highest BCUT2D eigenvalue weighted by Gasteiger charge is 2.12. The lowest BCUT2D eigenvalue weighted by Crippen LogP contribution is -2.05. The van der Waals surface area contributed by atoms with Crippen molar-refractivity contribution in [3.8, 4) is 0 Å². The van der Waals surface area contributed by atoms with Crippen LogP contribution in [0.1, 0.15) is 34.6 Å². The van der Waals surface area contributed by atoms with Crippen molar-refractivity contribution in [1.29, 1.82) is 0 Å². The van der Waals surface area contributed by atoms with Crippen LogP contribution >= 0.6 is 0 Å². The SMILES string of the molecule is C[C@H](Cc1nncn1C)c1cccc(C(=O)O)c1. The predicted octanol–water partition coefficient (Wildman–Crippen LogP) is 1.86. The molecule has 0 spiro atoms. The number of carboxylic acids is 1. The van der Waals surface area contributed by atoms with Gasteiger partial charge in [-0.1, -0.05) is 19.1 Å². The van der Waals surface area contributed by atoms with Crippen molar-refractivity contribution >= 4 is 5.97 Å². The molecule has 1 aromatic heterocycles. The summed E-state index contributed by atoms with van der Waals surface area (Å²) >= 11 is 0. The molecule has 94 valence electrons. The van der Waals surface area contributed by atoms with Gasteiger partial charge in [0.25, 0.3) is 0 Å². The van der Waals surface area contributed by atoms with Crippen LogP contribution in [-0.2, 0) is 13.5 Å². The van der Waals surface area contributed by atoms with Crippen molar-refractivity contribution < 1.29 is 9.90 Å². The molecule has 0 bridgehead atoms. The van der Waals surface area contributed by atoms with Gasteiger partial charge in [0.2, 0.25) is 0 Å². The number of aryl methyl sites for hydroxylation is 1. The molecule has 1 heterocycles. The Morgan fingerprint density at radius 1 is 1.50 bits per heavy atom. The van der Waals surface area contributed by atoms with Crippen molar-refractivity contribution in [3.63, 3.8) is 0 Å². The molecule has 2 aromatic rings. The van der Waals surface area contributed by atoms with E-state index >= 15 is 0 Å². The van der Waals surface area contributed by atoms with E-state index in [0.29, 0.717) is 5.56 Å². The number of carbonyl (C=O) groups is 1. The molecule has 18 heavy (non-hydrogen) atoms. The number of hydrogen-bond donors (Lipinski definition) is 1. The maximum atomic E-state index is 10.9. The van der Waals surface area contributed by atoms with Gasteiger partial charge in [0.05, 0.1) is 5.56 Å². The van der Waals surface area contributed by atoms with Gasteiger partial charge in [-0.05, 0) is 23.6 Å². The molecule has 1 atom stereocenters. The Kier molecular flexibility index (Phi) is 3.41. The van der Waals surface area contributed by atoms with Gasteiger partial charge in [0.1, 0.15) is 12.2 Å². The fraction of sp³-hybridized carbons (Fsp3) is 0.308. The number of carboxylic acid groups (broad SMARTS) is 1. The van der Waals surface area contributed by atoms with E-state index < -0.39 is 5.97 Å². The molecular formula is C13H15N3O2. The van der Waals surface area contributed by atoms with Crippen LogP contribution in [0, 0.1) is 0 Å². The average molecular weight is 245 g/mol. The molecule has 2 rings (SSSR count). The van der Waals surface area contributed by atoms with Gasteiger partial charge in [-0.25, -0.2) is 4.79 Å². The zero-order chi connectivity index (χ0) is 13.1. The van der Waals surface area contributed by atoms with Crippen LogP contribution in [0.5, 0.6) is 0 Å². The molecule has 0 aliphatic rings. The fourth-order valence-corrected chi connectivity index (χ4v) is 1.86. The van der Waals surface area contributed by atoms with Gasteiger partial charge in [0.15, 0.2) is 0 Å². The van der Waals surface area contributed by atoms with Gasteiger partial charge in [-0.15, -0.1) is 10.2 Å². The van der Waals surface area contributed by atoms with E-state index in [9.17, 15) is 4.79 Å². The number of aromatic nitrogens is 3. The smallest absolute Gasteiger partial charge is 0.335 e. The van der Waals surface area contributed by atoms with Crippen molar-refractivity contribution in [1.82, 2.24) is 14.8 Å². The quantitative estimate of drug-likeness (QED) is 0.892. The third-order valence-corrected chi connectivity index (χ3v) is 3.00. The topological polar surface area (TPSA) is 68.0 Å². The number of benzene rings is 1. The zero-order valence-corrected chi connectivity index (χ0v) is 10.4. The summed E-state index contributed by atoms with van der Waals surface area (Å²) in [6.07, 6.45) is 2.40. The summed E-state index contributed by atoms with van der Waals surface area (Å²) in [5.41, 5.74) is 1.32. The molecule has 0 amide bonds. The maximum Gasteiger partial charge on any atom is 0.335 e. The van der Waals surface area contributed by atoms with E-state index in [4.69, 9.17) is 5.11 Å². The van der Waals surface area contributed by atoms with E-state index in [2.05, 4.69) is 17.1 Å². The number of rotatable bonds is 4. The van der Waals surface area contributed by atoms with Crippen molar-refractivity contribution in [2.75, 3.05) is 0 Å². The number of aromatic carboxylic acids is 1. The minimum Gasteiger partial charge on any atom is -0.478 e. The highest BCUT2D eigenvalue weighted by atomic mass is 16.4. The van der Waals surface area contributed by atoms with Crippen molar-refractivity contribution in [2.45, 2.75) is 19.3 Å². The molecular weight excluding hydrogens is 230 g/mol. The zero-order valence-electron chi connectivity index (χ0n) is 10.4. The summed E-state index contributed by atoms with van der Waals surface area (Å²) in [6.45, 7) is 2.05. The maximum absolute atomic E-state index is 10.9. The van der Waals surface area contributed by atoms with Crippen LogP contribution in [0.4, 0.5) is 0 Å². The minimum absolute atomic E-state index is 0.201. The highest BCUT2D eigenvalue weighted by molar-refractivity contribution is 5.87. The Hall–Kier alpha value is -2.17. The Balaban J connectivity index is 2.18. The highest BCUT2D eigenvalue weighted by Crippen LogP contribution is 2.20. The number of hydrogen-bond acceptors (Lipinski definition) is 3. The summed E-state index contributed by atoms with van der Waals surface area (Å²) in [5.74, 6) is 0.193. The van der Waals surface area contributed by atoms with Crippen LogP contribution in [0.3, 0.4) is 0 Å². The second-order valence-corrected chi connectivity index (χ2v) is 4.39. The largest absolute Gasteiger partial charge is 0.478 e. The van der Waals surface area contributed by atoms with Crippen LogP contribution < -0.4 is 0 Å². The first-order valence-corrected chi connectivity index (χ1v) is 5.74. The molecule has 0 aliphatic heterocycles. The normalized spacial score (nSPS) is 12.3. The first-order chi connectivity index (χ1) is 8.58. The van der Waals surface area contributed by atoms with Gasteiger partial charge in [0, 0.05) is 13.5 Å². The lowest BCUT2D eigenvalue weighted by Gasteiger charge is -2.11. The molecule has 0 fully saturated rings. The third kappa shape index (κ3) is 2.56. The summed E-state index contributed by atoms with van der Waals surface area (Å²) in [6, 6.07) is 7.02. The number of nitrogens with zero attached hydrogens (tertiary/aromatic N) is 3. The van der Waals surface area contributed by atoms with E-state index in [1.54, 1.807) is 24.5 Å². The standard InChI is InChI=1S/C13H15N3O2/c1-9(6-12-15-14-8-16(12)2)10-4-3-5-11(7-10)13(17)18/h3-5,7-9H,6H2,1-2H3,(H,17,18)/t9-/m1/s1. The molecule has 0 saturated carbocycles. The van der Waals surface area contributed by atoms with E-state index in [1.165, 1.54) is 0 Å². The van der Waals surface area contributed by atoms with Crippen molar-refractivity contribution in [2.24, 2.45) is 7.05 Å². The summed E-state index contributed by atoms with van der Waals surface area (Å²) in [5, 5.41) is 16.8. The second-order valence-electron chi connectivity index (χ2n) is 4.39. The van der Waals surface area contributed by atoms with Crippen LogP contribution in [0.15, 0.2) is 30.6 Å². The molecule has 0 aliphatic carbocycles. The molecule has 0 unspecified atom stereocenters. The van der Waals surface area contributed by atoms with E-state index in [1.807, 2.05) is 17.7 Å². The predicted molar refractivity (Wildman–Crippen MR) is 66.5 cm³/mol. The molecule has 5 nitrogen and oxygen atoms in total.